The largest absolute Gasteiger partial charge is 0.321 e. The molecule has 0 saturated heterocycles. The van der Waals surface area contributed by atoms with Gasteiger partial charge in [0.1, 0.15) is 5.82 Å². The van der Waals surface area contributed by atoms with Crippen LogP contribution in [0.2, 0.25) is 0 Å². The van der Waals surface area contributed by atoms with Crippen LogP contribution in [0.4, 0.5) is 5.69 Å². The van der Waals surface area contributed by atoms with Gasteiger partial charge in [-0.15, -0.1) is 0 Å². The van der Waals surface area contributed by atoms with Crippen molar-refractivity contribution in [2.24, 2.45) is 0 Å². The average Bonchev–Trinajstić information content (AvgIpc) is 3.05. The number of halogens is 1. The van der Waals surface area contributed by atoms with E-state index >= 15 is 0 Å². The Labute approximate surface area is 192 Å². The normalized spacial score (nSPS) is 14.2. The van der Waals surface area contributed by atoms with E-state index in [0.29, 0.717) is 22.3 Å². The fraction of sp³-hybridized carbons (Fsp3) is 0.0800. The number of carbonyl (C=O) groups is 1. The second-order valence-electron chi connectivity index (χ2n) is 7.62. The van der Waals surface area contributed by atoms with Gasteiger partial charge in [0.15, 0.2) is 0 Å². The summed E-state index contributed by atoms with van der Waals surface area (Å²) in [6, 6.07) is 19.1. The predicted molar refractivity (Wildman–Crippen MR) is 132 cm³/mol. The van der Waals surface area contributed by atoms with Crippen molar-refractivity contribution in [3.05, 3.63) is 97.1 Å². The Morgan fingerprint density at radius 2 is 1.81 bits per heavy atom. The number of fused-ring (bicyclic) bond motifs is 2. The number of hydrogen-bond donors (Lipinski definition) is 1. The molecular weight excluding hydrogens is 501 g/mol. The molecule has 0 spiro atoms. The molecule has 4 aromatic rings. The maximum Gasteiger partial charge on any atom is 0.266 e. The van der Waals surface area contributed by atoms with Crippen LogP contribution in [0.25, 0.3) is 28.2 Å². The fourth-order valence-electron chi connectivity index (χ4n) is 3.97. The van der Waals surface area contributed by atoms with Gasteiger partial charge in [0.25, 0.3) is 11.5 Å². The summed E-state index contributed by atoms with van der Waals surface area (Å²) >= 11 is 2.19. The van der Waals surface area contributed by atoms with Gasteiger partial charge in [-0.1, -0.05) is 35.9 Å². The molecule has 6 heteroatoms. The lowest BCUT2D eigenvalue weighted by atomic mass is 10.1. The number of nitrogens with one attached hydrogen (secondary N) is 1. The van der Waals surface area contributed by atoms with Gasteiger partial charge in [-0.3, -0.25) is 14.2 Å². The molecule has 1 N–H and O–H groups in total. The molecule has 5 nitrogen and oxygen atoms in total. The second kappa shape index (κ2) is 7.46. The Bertz CT molecular complexity index is 1480. The molecule has 0 unspecified atom stereocenters. The number of anilines is 1. The predicted octanol–water partition coefficient (Wildman–Crippen LogP) is 5.10. The number of aromatic nitrogens is 2. The van der Waals surface area contributed by atoms with Gasteiger partial charge in [-0.2, -0.15) is 0 Å². The summed E-state index contributed by atoms with van der Waals surface area (Å²) in [5, 5.41) is 3.43. The number of rotatable bonds is 2. The highest BCUT2D eigenvalue weighted by Gasteiger charge is 2.25. The van der Waals surface area contributed by atoms with E-state index in [2.05, 4.69) is 27.9 Å². The Hall–Kier alpha value is -3.26. The van der Waals surface area contributed by atoms with E-state index in [1.807, 2.05) is 74.5 Å². The molecule has 0 radical (unpaired) electrons. The van der Waals surface area contributed by atoms with Gasteiger partial charge in [-0.05, 0) is 78.4 Å². The minimum atomic E-state index is -0.203. The van der Waals surface area contributed by atoms with E-state index in [4.69, 9.17) is 4.98 Å². The van der Waals surface area contributed by atoms with Crippen LogP contribution in [0, 0.1) is 17.4 Å². The minimum absolute atomic E-state index is 0.158. The topological polar surface area (TPSA) is 64.0 Å². The van der Waals surface area contributed by atoms with Crippen molar-refractivity contribution in [2.45, 2.75) is 13.8 Å². The summed E-state index contributed by atoms with van der Waals surface area (Å²) in [4.78, 5) is 31.1. The first-order chi connectivity index (χ1) is 14.9. The van der Waals surface area contributed by atoms with Crippen LogP contribution >= 0.6 is 22.6 Å². The van der Waals surface area contributed by atoms with Crippen molar-refractivity contribution in [2.75, 3.05) is 5.32 Å². The monoisotopic (exact) mass is 519 g/mol. The van der Waals surface area contributed by atoms with Crippen molar-refractivity contribution < 1.29 is 4.79 Å². The zero-order chi connectivity index (χ0) is 21.7. The molecule has 31 heavy (non-hydrogen) atoms. The SMILES string of the molecule is Cc1ccc(-n2c(/C=C3\C(=O)Nc4ccccc43)nc3ccc(I)cc3c2=O)c(C)c1. The smallest absolute Gasteiger partial charge is 0.266 e. The van der Waals surface area contributed by atoms with Crippen LogP contribution in [0.5, 0.6) is 0 Å². The summed E-state index contributed by atoms with van der Waals surface area (Å²) in [7, 11) is 0. The summed E-state index contributed by atoms with van der Waals surface area (Å²) in [6.45, 7) is 3.99. The van der Waals surface area contributed by atoms with E-state index < -0.39 is 0 Å². The number of carbonyl (C=O) groups excluding carboxylic acids is 1. The van der Waals surface area contributed by atoms with E-state index in [0.717, 1.165) is 31.6 Å². The Balaban J connectivity index is 1.85. The van der Waals surface area contributed by atoms with Crippen LogP contribution < -0.4 is 10.9 Å². The molecule has 3 aromatic carbocycles. The quantitative estimate of drug-likeness (QED) is 0.296. The van der Waals surface area contributed by atoms with Crippen molar-refractivity contribution >= 4 is 56.7 Å². The summed E-state index contributed by atoms with van der Waals surface area (Å²) in [5.74, 6) is 0.220. The van der Waals surface area contributed by atoms with Crippen molar-refractivity contribution in [1.82, 2.24) is 9.55 Å². The van der Waals surface area contributed by atoms with Crippen molar-refractivity contribution in [1.29, 1.82) is 0 Å². The van der Waals surface area contributed by atoms with Crippen molar-refractivity contribution in [3.8, 4) is 5.69 Å². The van der Waals surface area contributed by atoms with Crippen LogP contribution in [-0.4, -0.2) is 15.5 Å². The highest BCUT2D eigenvalue weighted by atomic mass is 127. The van der Waals surface area contributed by atoms with Crippen molar-refractivity contribution in [3.63, 3.8) is 0 Å². The maximum absolute atomic E-state index is 13.6. The van der Waals surface area contributed by atoms with Crippen LogP contribution in [0.1, 0.15) is 22.5 Å². The standard InChI is InChI=1S/C25H18IN3O2/c1-14-7-10-22(15(2)11-14)29-23(27-21-9-8-16(26)12-19(21)25(29)31)13-18-17-5-3-4-6-20(17)28-24(18)30/h3-13H,1-2H3,(H,28,30)/b18-13-. The zero-order valence-electron chi connectivity index (χ0n) is 16.9. The summed E-state index contributed by atoms with van der Waals surface area (Å²) in [5.41, 5.74) is 5.32. The third-order valence-electron chi connectivity index (χ3n) is 5.43. The molecular formula is C25H18IN3O2. The van der Waals surface area contributed by atoms with Crippen LogP contribution in [0.15, 0.2) is 65.5 Å². The lowest BCUT2D eigenvalue weighted by Gasteiger charge is -2.15. The number of nitrogens with zero attached hydrogens (tertiary/aromatic N) is 2. The van der Waals surface area contributed by atoms with Crippen LogP contribution in [-0.2, 0) is 4.79 Å². The molecule has 1 aliphatic heterocycles. The first-order valence-electron chi connectivity index (χ1n) is 9.85. The molecule has 1 aromatic heterocycles. The summed E-state index contributed by atoms with van der Waals surface area (Å²) < 4.78 is 2.57. The maximum atomic E-state index is 13.6. The first kappa shape index (κ1) is 19.7. The number of aryl methyl sites for hydroxylation is 2. The molecule has 152 valence electrons. The number of amides is 1. The molecule has 0 fully saturated rings. The minimum Gasteiger partial charge on any atom is -0.321 e. The van der Waals surface area contributed by atoms with Gasteiger partial charge < -0.3 is 5.32 Å². The fourth-order valence-corrected chi connectivity index (χ4v) is 4.46. The third-order valence-corrected chi connectivity index (χ3v) is 6.10. The van der Waals surface area contributed by atoms with Gasteiger partial charge in [-0.25, -0.2) is 4.98 Å². The molecule has 1 amide bonds. The van der Waals surface area contributed by atoms with Gasteiger partial charge in [0.05, 0.1) is 22.2 Å². The molecule has 1 aliphatic rings. The molecule has 0 bridgehead atoms. The van der Waals surface area contributed by atoms with E-state index in [1.54, 1.807) is 10.6 Å². The van der Waals surface area contributed by atoms with E-state index in [9.17, 15) is 9.59 Å². The van der Waals surface area contributed by atoms with Gasteiger partial charge in [0, 0.05) is 14.8 Å². The number of benzene rings is 3. The average molecular weight is 519 g/mol. The zero-order valence-corrected chi connectivity index (χ0v) is 19.1. The van der Waals surface area contributed by atoms with Gasteiger partial charge in [0.2, 0.25) is 0 Å². The van der Waals surface area contributed by atoms with E-state index in [-0.39, 0.29) is 11.5 Å². The van der Waals surface area contributed by atoms with Gasteiger partial charge >= 0.3 is 0 Å². The Kier molecular flexibility index (Phi) is 4.74. The first-order valence-corrected chi connectivity index (χ1v) is 10.9. The molecule has 5 rings (SSSR count). The number of hydrogen-bond acceptors (Lipinski definition) is 3. The number of para-hydroxylation sites is 1. The van der Waals surface area contributed by atoms with Crippen LogP contribution in [0.3, 0.4) is 0 Å². The molecule has 0 atom stereocenters. The van der Waals surface area contributed by atoms with E-state index in [1.165, 1.54) is 0 Å². The highest BCUT2D eigenvalue weighted by molar-refractivity contribution is 14.1. The summed E-state index contributed by atoms with van der Waals surface area (Å²) in [6.07, 6.45) is 1.71. The molecule has 0 aliphatic carbocycles. The lowest BCUT2D eigenvalue weighted by Crippen LogP contribution is -2.23. The highest BCUT2D eigenvalue weighted by Crippen LogP contribution is 2.33. The Morgan fingerprint density at radius 1 is 1.00 bits per heavy atom. The molecule has 0 saturated carbocycles. The Morgan fingerprint density at radius 3 is 2.61 bits per heavy atom. The third kappa shape index (κ3) is 3.37. The molecule has 2 heterocycles. The lowest BCUT2D eigenvalue weighted by molar-refractivity contribution is -0.110. The second-order valence-corrected chi connectivity index (χ2v) is 8.87.